The lowest BCUT2D eigenvalue weighted by atomic mass is 9.86. The van der Waals surface area contributed by atoms with Crippen LogP contribution in [0, 0.1) is 12.8 Å². The maximum atomic E-state index is 13.5. The van der Waals surface area contributed by atoms with Gasteiger partial charge < -0.3 is 30.3 Å². The van der Waals surface area contributed by atoms with E-state index in [4.69, 9.17) is 0 Å². The van der Waals surface area contributed by atoms with Gasteiger partial charge in [0, 0.05) is 87.9 Å². The number of fused-ring (bicyclic) bond motifs is 2. The Morgan fingerprint density at radius 2 is 1.60 bits per heavy atom. The zero-order valence-corrected chi connectivity index (χ0v) is 37.3. The quantitative estimate of drug-likeness (QED) is 0.125. The molecule has 1 aliphatic carbocycles. The Balaban J connectivity index is 0.643. The van der Waals surface area contributed by atoms with E-state index in [0.29, 0.717) is 42.8 Å². The van der Waals surface area contributed by atoms with E-state index in [1.807, 2.05) is 30.3 Å². The molecule has 1 atom stereocenters. The molecule has 19 heteroatoms. The van der Waals surface area contributed by atoms with Crippen LogP contribution in [0.3, 0.4) is 0 Å². The number of piperidine rings is 2. The zero-order valence-electron chi connectivity index (χ0n) is 37.3. The van der Waals surface area contributed by atoms with E-state index in [2.05, 4.69) is 79.8 Å². The van der Waals surface area contributed by atoms with E-state index >= 15 is 0 Å². The SMILES string of the molecule is Cc1cccc(C(=O)NC2CC(n3cnc4c(NCc5ccc(N6CCN(CC7CCN(C(=O)CNc8cccc9c8C(=O)N([C@H]8CCC(=O)NC8=O)C9=O)CC7)CC6)cc5)ncnc43)C2)n1. The smallest absolute Gasteiger partial charge is 0.270 e. The summed E-state index contributed by atoms with van der Waals surface area (Å²) in [7, 11) is 0. The van der Waals surface area contributed by atoms with Crippen molar-refractivity contribution in [2.75, 3.05) is 67.9 Å². The Labute approximate surface area is 386 Å². The first kappa shape index (κ1) is 43.6. The van der Waals surface area contributed by atoms with Crippen LogP contribution < -0.4 is 26.2 Å². The third kappa shape index (κ3) is 9.02. The number of piperazine rings is 1. The lowest BCUT2D eigenvalue weighted by Crippen LogP contribution is -2.54. The highest BCUT2D eigenvalue weighted by Crippen LogP contribution is 2.36. The number of anilines is 3. The van der Waals surface area contributed by atoms with E-state index in [1.54, 1.807) is 24.5 Å². The number of amides is 6. The summed E-state index contributed by atoms with van der Waals surface area (Å²) in [4.78, 5) is 103. The van der Waals surface area contributed by atoms with Crippen molar-refractivity contribution in [3.8, 4) is 0 Å². The number of imide groups is 2. The van der Waals surface area contributed by atoms with E-state index in [0.717, 1.165) is 85.7 Å². The Bertz CT molecular complexity index is 2740. The molecule has 4 aliphatic heterocycles. The number of nitrogens with zero attached hydrogens (tertiary/aromatic N) is 9. The third-order valence-electron chi connectivity index (χ3n) is 13.8. The molecule has 7 heterocycles. The summed E-state index contributed by atoms with van der Waals surface area (Å²) in [5.41, 5.74) is 5.73. The van der Waals surface area contributed by atoms with E-state index in [9.17, 15) is 28.8 Å². The summed E-state index contributed by atoms with van der Waals surface area (Å²) in [6.07, 6.45) is 6.89. The van der Waals surface area contributed by atoms with Gasteiger partial charge in [0.25, 0.3) is 17.7 Å². The molecule has 19 nitrogen and oxygen atoms in total. The number of hydrogen-bond acceptors (Lipinski definition) is 14. The molecule has 3 aromatic heterocycles. The Kier molecular flexibility index (Phi) is 12.1. The number of aryl methyl sites for hydroxylation is 1. The minimum Gasteiger partial charge on any atom is -0.375 e. The van der Waals surface area contributed by atoms with Crippen LogP contribution in [0.15, 0.2) is 73.3 Å². The van der Waals surface area contributed by atoms with Gasteiger partial charge in [0.2, 0.25) is 17.7 Å². The number of rotatable bonds is 13. The molecule has 10 rings (SSSR count). The first-order valence-electron chi connectivity index (χ1n) is 23.1. The number of benzene rings is 2. The standard InChI is InChI=1S/C48H53N13O6/c1-29-4-2-7-37(54-29)45(64)55-32-22-34(23-32)60-28-53-42-43(51-27-52-44(42)60)50-24-30-8-10-33(11-9-30)58-20-18-57(19-21-58)26-31-14-16-59(17-15-31)40(63)25-49-36-6-3-5-35-41(36)48(67)61(47(35)66)38-12-13-39(62)56-46(38)65/h2-11,27-28,31-32,34,38,49H,12-26H2,1H3,(H,55,64)(H,50,51,52)(H,56,62,65)/t32?,34?,38-/m0/s1. The fourth-order valence-electron chi connectivity index (χ4n) is 9.98. The van der Waals surface area contributed by atoms with Gasteiger partial charge in [0.15, 0.2) is 11.5 Å². The molecule has 3 saturated heterocycles. The maximum Gasteiger partial charge on any atom is 0.270 e. The van der Waals surface area contributed by atoms with Gasteiger partial charge in [0.05, 0.1) is 24.0 Å². The largest absolute Gasteiger partial charge is 0.375 e. The second kappa shape index (κ2) is 18.5. The summed E-state index contributed by atoms with van der Waals surface area (Å²) < 4.78 is 2.08. The number of nitrogens with one attached hydrogen (secondary N) is 4. The molecule has 0 spiro atoms. The van der Waals surface area contributed by atoms with E-state index in [-0.39, 0.29) is 54.4 Å². The lowest BCUT2D eigenvalue weighted by Gasteiger charge is -2.39. The van der Waals surface area contributed by atoms with E-state index in [1.165, 1.54) is 11.8 Å². The first-order valence-corrected chi connectivity index (χ1v) is 23.1. The van der Waals surface area contributed by atoms with Crippen LogP contribution in [0.1, 0.15) is 87.0 Å². The van der Waals surface area contributed by atoms with Crippen molar-refractivity contribution >= 4 is 63.8 Å². The molecule has 1 saturated carbocycles. The summed E-state index contributed by atoms with van der Waals surface area (Å²) in [6, 6.07) is 18.1. The number of carbonyl (C=O) groups is 6. The van der Waals surface area contributed by atoms with Crippen LogP contribution in [-0.2, 0) is 20.9 Å². The van der Waals surface area contributed by atoms with Crippen LogP contribution in [0.25, 0.3) is 11.2 Å². The van der Waals surface area contributed by atoms with Crippen LogP contribution in [0.5, 0.6) is 0 Å². The van der Waals surface area contributed by atoms with Crippen LogP contribution >= 0.6 is 0 Å². The number of likely N-dealkylation sites (tertiary alicyclic amines) is 1. The third-order valence-corrected chi connectivity index (χ3v) is 13.8. The Morgan fingerprint density at radius 1 is 0.821 bits per heavy atom. The lowest BCUT2D eigenvalue weighted by molar-refractivity contribution is -0.136. The molecule has 2 aromatic carbocycles. The topological polar surface area (TPSA) is 220 Å². The molecule has 67 heavy (non-hydrogen) atoms. The van der Waals surface area contributed by atoms with E-state index < -0.39 is 29.7 Å². The van der Waals surface area contributed by atoms with Gasteiger partial charge in [-0.3, -0.25) is 43.9 Å². The van der Waals surface area contributed by atoms with Crippen molar-refractivity contribution in [1.82, 2.24) is 49.8 Å². The molecule has 4 fully saturated rings. The zero-order chi connectivity index (χ0) is 46.2. The van der Waals surface area contributed by atoms with Gasteiger partial charge in [-0.15, -0.1) is 0 Å². The second-order valence-electron chi connectivity index (χ2n) is 18.2. The normalized spacial score (nSPS) is 21.3. The summed E-state index contributed by atoms with van der Waals surface area (Å²) >= 11 is 0. The molecule has 0 bridgehead atoms. The number of carbonyl (C=O) groups excluding carboxylic acids is 6. The number of imidazole rings is 1. The number of pyridine rings is 1. The highest BCUT2D eigenvalue weighted by molar-refractivity contribution is 6.25. The number of hydrogen-bond donors (Lipinski definition) is 4. The highest BCUT2D eigenvalue weighted by Gasteiger charge is 2.46. The molecule has 0 unspecified atom stereocenters. The van der Waals surface area contributed by atoms with Crippen LogP contribution in [-0.4, -0.2) is 139 Å². The molecule has 5 aromatic rings. The molecule has 346 valence electrons. The van der Waals surface area contributed by atoms with Crippen molar-refractivity contribution < 1.29 is 28.8 Å². The molecule has 0 radical (unpaired) electrons. The predicted molar refractivity (Wildman–Crippen MR) is 247 cm³/mol. The van der Waals surface area contributed by atoms with Crippen molar-refractivity contribution in [2.24, 2.45) is 5.92 Å². The van der Waals surface area contributed by atoms with Gasteiger partial charge in [0.1, 0.15) is 23.6 Å². The van der Waals surface area contributed by atoms with Crippen LogP contribution in [0.2, 0.25) is 0 Å². The minimum absolute atomic E-state index is 0.0292. The molecule has 6 amide bonds. The average Bonchev–Trinajstić information content (AvgIpc) is 3.87. The Morgan fingerprint density at radius 3 is 2.36 bits per heavy atom. The highest BCUT2D eigenvalue weighted by atomic mass is 16.2. The van der Waals surface area contributed by atoms with Crippen LogP contribution in [0.4, 0.5) is 17.2 Å². The average molecular weight is 908 g/mol. The molecular formula is C48H53N13O6. The summed E-state index contributed by atoms with van der Waals surface area (Å²) in [6.45, 7) is 8.53. The summed E-state index contributed by atoms with van der Waals surface area (Å²) in [5, 5.41) is 11.9. The fraction of sp³-hybridized carbons (Fsp3) is 0.417. The maximum absolute atomic E-state index is 13.5. The van der Waals surface area contributed by atoms with Gasteiger partial charge in [-0.05, 0) is 86.9 Å². The molecule has 4 N–H and O–H groups in total. The monoisotopic (exact) mass is 907 g/mol. The first-order chi connectivity index (χ1) is 32.6. The summed E-state index contributed by atoms with van der Waals surface area (Å²) in [5.74, 6) is -1.34. The van der Waals surface area contributed by atoms with Gasteiger partial charge in [-0.25, -0.2) is 19.9 Å². The van der Waals surface area contributed by atoms with Gasteiger partial charge in [-0.2, -0.15) is 0 Å². The van der Waals surface area contributed by atoms with Gasteiger partial charge in [-0.1, -0.05) is 24.3 Å². The minimum atomic E-state index is -1.05. The molecular weight excluding hydrogens is 855 g/mol. The van der Waals surface area contributed by atoms with Crippen molar-refractivity contribution in [3.05, 3.63) is 101 Å². The predicted octanol–water partition coefficient (Wildman–Crippen LogP) is 3.15. The van der Waals surface area contributed by atoms with Crippen molar-refractivity contribution in [1.29, 1.82) is 0 Å². The van der Waals surface area contributed by atoms with Crippen molar-refractivity contribution in [2.45, 2.75) is 70.1 Å². The fourth-order valence-corrected chi connectivity index (χ4v) is 9.98. The molecule has 5 aliphatic rings. The van der Waals surface area contributed by atoms with Gasteiger partial charge >= 0.3 is 0 Å². The number of aromatic nitrogens is 5. The van der Waals surface area contributed by atoms with Crippen molar-refractivity contribution in [3.63, 3.8) is 0 Å². The second-order valence-corrected chi connectivity index (χ2v) is 18.2. The Hall–Kier alpha value is -7.28.